The Labute approximate surface area is 504 Å². The lowest BCUT2D eigenvalue weighted by atomic mass is 9.33. The highest BCUT2D eigenvalue weighted by Crippen LogP contribution is 2.76. The minimum atomic E-state index is -1.93. The Morgan fingerprint density at radius 3 is 1.86 bits per heavy atom. The summed E-state index contributed by atoms with van der Waals surface area (Å²) in [5.41, 5.74) is -4.06. The van der Waals surface area contributed by atoms with Crippen LogP contribution < -0.4 is 0 Å². The van der Waals surface area contributed by atoms with Crippen LogP contribution in [0.3, 0.4) is 0 Å². The van der Waals surface area contributed by atoms with Gasteiger partial charge in [-0.1, -0.05) is 53.2 Å². The van der Waals surface area contributed by atoms with E-state index in [4.69, 9.17) is 52.1 Å². The Morgan fingerprint density at radius 2 is 1.23 bits per heavy atom. The van der Waals surface area contributed by atoms with Crippen molar-refractivity contribution in [1.82, 2.24) is 0 Å². The lowest BCUT2D eigenvalue weighted by molar-refractivity contribution is -0.379. The zero-order chi connectivity index (χ0) is 63.6. The van der Waals surface area contributed by atoms with Crippen molar-refractivity contribution in [2.75, 3.05) is 26.4 Å². The number of esters is 2. The number of ether oxygens (including phenoxy) is 11. The van der Waals surface area contributed by atoms with Crippen LogP contribution in [0.5, 0.6) is 0 Å². The van der Waals surface area contributed by atoms with Crippen molar-refractivity contribution in [3.05, 3.63) is 11.6 Å². The summed E-state index contributed by atoms with van der Waals surface area (Å²) in [4.78, 5) is 28.2. The second kappa shape index (κ2) is 24.9. The fourth-order valence-corrected chi connectivity index (χ4v) is 17.8. The van der Waals surface area contributed by atoms with Gasteiger partial charge < -0.3 is 129 Å². The smallest absolute Gasteiger partial charge is 0.317 e. The molecule has 0 spiro atoms. The lowest BCUT2D eigenvalue weighted by Gasteiger charge is -2.72. The Balaban J connectivity index is 0.868. The molecule has 0 radical (unpaired) electrons. The maximum absolute atomic E-state index is 15.5. The SMILES string of the molecule is CC(=O)O[C@H]1[C@H](O[C@H]2[C@H](OC(=O)[C@]34CCC(C)(C)C[C@H]3C3=CCC5[C@@]6(C)C[C@H](O)[C@H](O[C@@H]7O[C@H](CO)[C@@H](O)[C@H](O)[C@H]7O)C(C)(CO)[C@@H]6CC[C@@]5(C)[C@]3(C)C[C@H]4O)OC[C@H](O)[C@@H]2O)O[C@@H](C)[C@H](O[C@H]2C[C@H](O)[C@@H](O[C@@H]3O[C@@H](CO)[C@@H](O)[C@H]3O)[C@H](O)O2)[C@H]1O. The molecule has 0 bridgehead atoms. The Kier molecular flexibility index (Phi) is 19.3. The van der Waals surface area contributed by atoms with Crippen molar-refractivity contribution < 1.29 is 138 Å². The summed E-state index contributed by atoms with van der Waals surface area (Å²) >= 11 is 0. The summed E-state index contributed by atoms with van der Waals surface area (Å²) < 4.78 is 64.8. The molecule has 28 heteroatoms. The van der Waals surface area contributed by atoms with Crippen molar-refractivity contribution in [3.63, 3.8) is 0 Å². The summed E-state index contributed by atoms with van der Waals surface area (Å²) in [5, 5.41) is 165. The van der Waals surface area contributed by atoms with Crippen molar-refractivity contribution in [2.24, 2.45) is 50.2 Å². The number of hydrogen-bond donors (Lipinski definition) is 15. The zero-order valence-electron chi connectivity index (χ0n) is 50.5. The number of aliphatic hydroxyl groups is 15. The van der Waals surface area contributed by atoms with Crippen LogP contribution in [0.1, 0.15) is 113 Å². The van der Waals surface area contributed by atoms with E-state index in [0.29, 0.717) is 32.1 Å². The Hall–Kier alpha value is -2.28. The molecule has 5 heterocycles. The van der Waals surface area contributed by atoms with E-state index in [-0.39, 0.29) is 36.5 Å². The summed E-state index contributed by atoms with van der Waals surface area (Å²) in [6.07, 6.45) is -34.1. The van der Waals surface area contributed by atoms with Crippen molar-refractivity contribution >= 4 is 11.9 Å². The van der Waals surface area contributed by atoms with Crippen molar-refractivity contribution in [3.8, 4) is 0 Å². The highest BCUT2D eigenvalue weighted by atomic mass is 16.8. The molecule has 5 aliphatic carbocycles. The quantitative estimate of drug-likeness (QED) is 0.0457. The molecular weight excluding hydrogens is 1160 g/mol. The lowest BCUT2D eigenvalue weighted by Crippen LogP contribution is -2.70. The largest absolute Gasteiger partial charge is 0.454 e. The van der Waals surface area contributed by atoms with Gasteiger partial charge in [0.15, 0.2) is 43.7 Å². The Bertz CT molecular complexity index is 2460. The van der Waals surface area contributed by atoms with Crippen LogP contribution in [0.15, 0.2) is 11.6 Å². The normalized spacial score (nSPS) is 54.0. The summed E-state index contributed by atoms with van der Waals surface area (Å²) in [6.45, 7) is 12.7. The van der Waals surface area contributed by atoms with E-state index in [9.17, 15) is 81.4 Å². The first-order valence-electron chi connectivity index (χ1n) is 30.7. The molecule has 0 aromatic carbocycles. The fraction of sp³-hybridized carbons (Fsp3) is 0.932. The zero-order valence-corrected chi connectivity index (χ0v) is 50.5. The number of allylic oxidation sites excluding steroid dienone is 2. The minimum absolute atomic E-state index is 0.113. The third-order valence-corrected chi connectivity index (χ3v) is 22.7. The third kappa shape index (κ3) is 11.4. The van der Waals surface area contributed by atoms with Crippen LogP contribution in [0, 0.1) is 50.2 Å². The van der Waals surface area contributed by atoms with Gasteiger partial charge in [0.25, 0.3) is 0 Å². The molecule has 5 saturated heterocycles. The van der Waals surface area contributed by atoms with Crippen LogP contribution in [-0.4, -0.2) is 269 Å². The van der Waals surface area contributed by atoms with Gasteiger partial charge in [-0.3, -0.25) is 9.59 Å². The maximum atomic E-state index is 15.5. The van der Waals surface area contributed by atoms with E-state index in [2.05, 4.69) is 40.7 Å². The number of carbonyl (C=O) groups excluding carboxylic acids is 2. The molecule has 33 atom stereocenters. The second-order valence-corrected chi connectivity index (χ2v) is 28.4. The van der Waals surface area contributed by atoms with E-state index in [1.807, 2.05) is 6.92 Å². The first-order valence-corrected chi connectivity index (χ1v) is 30.7. The highest BCUT2D eigenvalue weighted by Gasteiger charge is 2.73. The van der Waals surface area contributed by atoms with E-state index < -0.39 is 231 Å². The molecule has 0 amide bonds. The molecule has 10 rings (SSSR count). The number of fused-ring (bicyclic) bond motifs is 7. The Morgan fingerprint density at radius 1 is 0.598 bits per heavy atom. The van der Waals surface area contributed by atoms with Crippen molar-refractivity contribution in [2.45, 2.75) is 267 Å². The average molecular weight is 1250 g/mol. The number of rotatable bonds is 14. The number of aliphatic hydroxyl groups excluding tert-OH is 15. The standard InChI is InChI=1S/C59H94O28/c1-23-43(82-35-15-27(64)44(48(75)83-35)84-49-40(72)38(70)31(20-61)80-49)42(74)46(79-24(2)63)52(78-23)85-45-36(68)29(66)21-77-51(45)87-53(76)59-14-13-54(3,4)16-26(59)25-9-10-33-55(5)17-28(65)47(86-50-41(73)39(71)37(69)30(19-60)81-50)56(6,22-62)32(55)11-12-57(33,7)58(25,8)18-34(59)67/h9,23,26-52,60-62,64-75H,10-22H2,1-8H3/t23-,26-,27-,28-,29-,30+,31-,32+,33?,34+,35+,36-,37+,38+,39-,40+,41+,42+,43-,44+,45+,46+,47-,48+,49-,50-,51-,52-,55-,56?,57+,58+,59+/m0/s1. The van der Waals surface area contributed by atoms with Gasteiger partial charge in [-0.25, -0.2) is 0 Å². The van der Waals surface area contributed by atoms with Gasteiger partial charge in [-0.05, 0) is 97.7 Å². The third-order valence-electron chi connectivity index (χ3n) is 22.7. The van der Waals surface area contributed by atoms with Crippen LogP contribution in [0.25, 0.3) is 0 Å². The molecular formula is C59H94O28. The molecule has 0 aromatic rings. The van der Waals surface area contributed by atoms with Gasteiger partial charge >= 0.3 is 11.9 Å². The highest BCUT2D eigenvalue weighted by molar-refractivity contribution is 5.80. The van der Waals surface area contributed by atoms with E-state index in [1.165, 1.54) is 6.92 Å². The van der Waals surface area contributed by atoms with Crippen LogP contribution in [0.2, 0.25) is 0 Å². The maximum Gasteiger partial charge on any atom is 0.317 e. The van der Waals surface area contributed by atoms with Gasteiger partial charge in [0, 0.05) is 18.8 Å². The minimum Gasteiger partial charge on any atom is -0.454 e. The van der Waals surface area contributed by atoms with Gasteiger partial charge in [-0.15, -0.1) is 0 Å². The molecule has 15 N–H and O–H groups in total. The molecule has 498 valence electrons. The number of hydrogen-bond acceptors (Lipinski definition) is 28. The molecule has 4 saturated carbocycles. The van der Waals surface area contributed by atoms with Crippen LogP contribution in [-0.2, 0) is 61.7 Å². The second-order valence-electron chi connectivity index (χ2n) is 28.4. The van der Waals surface area contributed by atoms with E-state index in [1.54, 1.807) is 0 Å². The van der Waals surface area contributed by atoms with Crippen LogP contribution >= 0.6 is 0 Å². The van der Waals surface area contributed by atoms with Crippen molar-refractivity contribution in [1.29, 1.82) is 0 Å². The van der Waals surface area contributed by atoms with Gasteiger partial charge in [0.2, 0.25) is 6.29 Å². The van der Waals surface area contributed by atoms with E-state index in [0.717, 1.165) is 12.5 Å². The van der Waals surface area contributed by atoms with Gasteiger partial charge in [0.05, 0.1) is 56.9 Å². The first-order chi connectivity index (χ1) is 40.7. The average Bonchev–Trinajstić information content (AvgIpc) is 1.03. The fourth-order valence-electron chi connectivity index (χ4n) is 17.8. The first kappa shape index (κ1) is 67.6. The molecule has 0 aromatic heterocycles. The summed E-state index contributed by atoms with van der Waals surface area (Å²) in [6, 6.07) is 0. The van der Waals surface area contributed by atoms with Crippen LogP contribution in [0.4, 0.5) is 0 Å². The summed E-state index contributed by atoms with van der Waals surface area (Å²) in [7, 11) is 0. The van der Waals surface area contributed by atoms with Gasteiger partial charge in [-0.2, -0.15) is 0 Å². The molecule has 10 aliphatic rings. The summed E-state index contributed by atoms with van der Waals surface area (Å²) in [5.74, 6) is -2.81. The monoisotopic (exact) mass is 1250 g/mol. The topological polar surface area (TPSA) is 439 Å². The predicted molar refractivity (Wildman–Crippen MR) is 289 cm³/mol. The molecule has 9 fully saturated rings. The number of carbonyl (C=O) groups is 2. The molecule has 2 unspecified atom stereocenters. The van der Waals surface area contributed by atoms with E-state index >= 15 is 4.79 Å². The molecule has 5 aliphatic heterocycles. The molecule has 28 nitrogen and oxygen atoms in total. The van der Waals surface area contributed by atoms with Gasteiger partial charge in [0.1, 0.15) is 78.7 Å². The molecule has 87 heavy (non-hydrogen) atoms. The predicted octanol–water partition coefficient (Wildman–Crippen LogP) is -3.43.